The van der Waals surface area contributed by atoms with Crippen LogP contribution in [-0.2, 0) is 4.79 Å². The molecule has 0 saturated carbocycles. The van der Waals surface area contributed by atoms with E-state index in [9.17, 15) is 4.79 Å². The number of ketones is 1. The van der Waals surface area contributed by atoms with Crippen LogP contribution in [0.25, 0.3) is 0 Å². The van der Waals surface area contributed by atoms with Crippen molar-refractivity contribution in [3.05, 3.63) is 5.82 Å². The maximum Gasteiger partial charge on any atom is 0.191 e. The van der Waals surface area contributed by atoms with Crippen molar-refractivity contribution < 1.29 is 4.79 Å². The van der Waals surface area contributed by atoms with E-state index in [0.717, 1.165) is 38.2 Å². The molecule has 2 atom stereocenters. The van der Waals surface area contributed by atoms with Gasteiger partial charge in [-0.25, -0.2) is 0 Å². The lowest BCUT2D eigenvalue weighted by Crippen LogP contribution is -2.28. The number of carbonyl (C=O) groups is 1. The van der Waals surface area contributed by atoms with Gasteiger partial charge in [0, 0.05) is 0 Å². The first-order chi connectivity index (χ1) is 8.77. The minimum atomic E-state index is 0.176. The number of aromatic nitrogens is 4. The van der Waals surface area contributed by atoms with E-state index in [4.69, 9.17) is 0 Å². The average Bonchev–Trinajstić information content (AvgIpc) is 3.14. The van der Waals surface area contributed by atoms with Crippen LogP contribution in [0, 0.1) is 0 Å². The Labute approximate surface area is 106 Å². The summed E-state index contributed by atoms with van der Waals surface area (Å²) in [6, 6.07) is 0.508. The van der Waals surface area contributed by atoms with Gasteiger partial charge in [-0.2, -0.15) is 5.21 Å². The molecule has 7 heteroatoms. The van der Waals surface area contributed by atoms with Crippen molar-refractivity contribution in [2.75, 3.05) is 13.1 Å². The summed E-state index contributed by atoms with van der Waals surface area (Å²) in [5.41, 5.74) is 0. The van der Waals surface area contributed by atoms with Gasteiger partial charge in [-0.15, -0.1) is 10.2 Å². The zero-order valence-corrected chi connectivity index (χ0v) is 10.6. The number of H-pyrrole nitrogens is 1. The first kappa shape index (κ1) is 13.1. The molecule has 100 valence electrons. The molecule has 3 heterocycles. The fourth-order valence-electron chi connectivity index (χ4n) is 2.25. The van der Waals surface area contributed by atoms with Gasteiger partial charge in [0.15, 0.2) is 5.82 Å². The minimum Gasteiger partial charge on any atom is -0.307 e. The highest BCUT2D eigenvalue weighted by atomic mass is 16.1. The van der Waals surface area contributed by atoms with Crippen LogP contribution < -0.4 is 10.6 Å². The number of carbonyl (C=O) groups excluding carboxylic acids is 1. The monoisotopic (exact) mass is 252 g/mol. The molecule has 1 aromatic rings. The van der Waals surface area contributed by atoms with Crippen LogP contribution >= 0.6 is 0 Å². The lowest BCUT2D eigenvalue weighted by Gasteiger charge is -2.01. The lowest BCUT2D eigenvalue weighted by atomic mass is 10.2. The Kier molecular flexibility index (Phi) is 4.77. The van der Waals surface area contributed by atoms with Gasteiger partial charge in [0.05, 0.1) is 12.1 Å². The third kappa shape index (κ3) is 3.58. The second-order valence-electron chi connectivity index (χ2n) is 4.68. The Morgan fingerprint density at radius 3 is 2.44 bits per heavy atom. The molecular weight excluding hydrogens is 232 g/mol. The summed E-state index contributed by atoms with van der Waals surface area (Å²) in [4.78, 5) is 10.6. The third-order valence-electron chi connectivity index (χ3n) is 3.28. The van der Waals surface area contributed by atoms with Crippen molar-refractivity contribution >= 4 is 5.78 Å². The molecule has 2 saturated heterocycles. The summed E-state index contributed by atoms with van der Waals surface area (Å²) in [5.74, 6) is 1.07. The summed E-state index contributed by atoms with van der Waals surface area (Å²) < 4.78 is 0. The molecule has 0 aliphatic carbocycles. The predicted molar refractivity (Wildman–Crippen MR) is 65.9 cm³/mol. The van der Waals surface area contributed by atoms with E-state index in [1.54, 1.807) is 6.92 Å². The first-order valence-electron chi connectivity index (χ1n) is 6.48. The van der Waals surface area contributed by atoms with Crippen LogP contribution in [0.1, 0.15) is 44.5 Å². The van der Waals surface area contributed by atoms with Crippen LogP contribution in [0.2, 0.25) is 0 Å². The van der Waals surface area contributed by atoms with Crippen molar-refractivity contribution in [2.24, 2.45) is 0 Å². The maximum atomic E-state index is 10.6. The Bertz CT molecular complexity index is 354. The lowest BCUT2D eigenvalue weighted by molar-refractivity contribution is -0.118. The van der Waals surface area contributed by atoms with Crippen LogP contribution in [0.15, 0.2) is 0 Å². The van der Waals surface area contributed by atoms with Gasteiger partial charge >= 0.3 is 0 Å². The largest absolute Gasteiger partial charge is 0.307 e. The number of rotatable bonds is 2. The van der Waals surface area contributed by atoms with Gasteiger partial charge in [0.2, 0.25) is 0 Å². The van der Waals surface area contributed by atoms with Crippen molar-refractivity contribution in [1.29, 1.82) is 0 Å². The zero-order valence-electron chi connectivity index (χ0n) is 10.6. The number of tetrazole rings is 1. The number of hydrogen-bond acceptors (Lipinski definition) is 6. The van der Waals surface area contributed by atoms with Crippen LogP contribution in [-0.4, -0.2) is 45.5 Å². The summed E-state index contributed by atoms with van der Waals surface area (Å²) in [6.07, 6.45) is 4.53. The number of nitrogens with one attached hydrogen (secondary N) is 3. The molecule has 7 nitrogen and oxygen atoms in total. The Balaban J connectivity index is 0.000000138. The van der Waals surface area contributed by atoms with E-state index in [1.165, 1.54) is 6.42 Å². The number of hydrogen-bond donors (Lipinski definition) is 3. The van der Waals surface area contributed by atoms with E-state index in [2.05, 4.69) is 31.3 Å². The van der Waals surface area contributed by atoms with Crippen molar-refractivity contribution in [1.82, 2.24) is 31.3 Å². The zero-order chi connectivity index (χ0) is 12.8. The van der Waals surface area contributed by atoms with E-state index in [-0.39, 0.29) is 11.8 Å². The molecule has 2 fully saturated rings. The van der Waals surface area contributed by atoms with E-state index in [1.807, 2.05) is 0 Å². The molecule has 0 radical (unpaired) electrons. The maximum absolute atomic E-state index is 10.6. The van der Waals surface area contributed by atoms with Gasteiger partial charge < -0.3 is 10.6 Å². The average molecular weight is 252 g/mol. The summed E-state index contributed by atoms with van der Waals surface area (Å²) in [7, 11) is 0. The second-order valence-corrected chi connectivity index (χ2v) is 4.68. The molecule has 0 aromatic carbocycles. The quantitative estimate of drug-likeness (QED) is 0.683. The van der Waals surface area contributed by atoms with Crippen molar-refractivity contribution in [3.8, 4) is 0 Å². The molecule has 2 aliphatic heterocycles. The fourth-order valence-corrected chi connectivity index (χ4v) is 2.25. The van der Waals surface area contributed by atoms with Crippen LogP contribution in [0.4, 0.5) is 0 Å². The molecular formula is C11H20N6O. The Hall–Kier alpha value is -1.34. The fraction of sp³-hybridized carbons (Fsp3) is 0.818. The Morgan fingerprint density at radius 2 is 2.00 bits per heavy atom. The number of nitrogens with zero attached hydrogens (tertiary/aromatic N) is 3. The molecule has 3 rings (SSSR count). The molecule has 3 N–H and O–H groups in total. The third-order valence-corrected chi connectivity index (χ3v) is 3.28. The van der Waals surface area contributed by atoms with Crippen LogP contribution in [0.5, 0.6) is 0 Å². The molecule has 1 aromatic heterocycles. The van der Waals surface area contributed by atoms with Crippen molar-refractivity contribution in [3.63, 3.8) is 0 Å². The molecule has 2 aliphatic rings. The highest BCUT2D eigenvalue weighted by Gasteiger charge is 2.19. The highest BCUT2D eigenvalue weighted by Crippen LogP contribution is 2.17. The van der Waals surface area contributed by atoms with E-state index in [0.29, 0.717) is 6.04 Å². The smallest absolute Gasteiger partial charge is 0.191 e. The SMILES string of the molecule is C1CN[C@H](c2nn[nH]n2)C1.CC(=O)[C@@H]1CCCN1. The molecule has 0 spiro atoms. The van der Waals surface area contributed by atoms with Gasteiger partial charge in [-0.3, -0.25) is 4.79 Å². The summed E-state index contributed by atoms with van der Waals surface area (Å²) >= 11 is 0. The topological polar surface area (TPSA) is 95.6 Å². The molecule has 0 bridgehead atoms. The van der Waals surface area contributed by atoms with E-state index < -0.39 is 0 Å². The summed E-state index contributed by atoms with van der Waals surface area (Å²) in [5, 5.41) is 20.1. The predicted octanol–water partition coefficient (Wildman–Crippen LogP) is -0.0484. The normalized spacial score (nSPS) is 26.7. The van der Waals surface area contributed by atoms with Gasteiger partial charge in [0.1, 0.15) is 5.78 Å². The van der Waals surface area contributed by atoms with E-state index >= 15 is 0 Å². The van der Waals surface area contributed by atoms with Gasteiger partial charge in [-0.1, -0.05) is 5.21 Å². The van der Waals surface area contributed by atoms with Gasteiger partial charge in [-0.05, 0) is 45.7 Å². The van der Waals surface area contributed by atoms with Gasteiger partial charge in [0.25, 0.3) is 0 Å². The van der Waals surface area contributed by atoms with Crippen LogP contribution in [0.3, 0.4) is 0 Å². The summed E-state index contributed by atoms with van der Waals surface area (Å²) in [6.45, 7) is 3.73. The minimum absolute atomic E-state index is 0.176. The molecule has 0 amide bonds. The van der Waals surface area contributed by atoms with Crippen molar-refractivity contribution in [2.45, 2.75) is 44.7 Å². The number of Topliss-reactive ketones (excluding diaryl/α,β-unsaturated/α-hetero) is 1. The highest BCUT2D eigenvalue weighted by molar-refractivity contribution is 5.81. The molecule has 0 unspecified atom stereocenters. The number of aromatic amines is 1. The second kappa shape index (κ2) is 6.55. The molecule has 18 heavy (non-hydrogen) atoms. The standard InChI is InChI=1S/C6H11NO.C5H9N5/c1-5(8)6-3-2-4-7-6;1-2-4(6-3-1)5-7-9-10-8-5/h6-7H,2-4H2,1H3;4,6H,1-3H2,(H,7,8,9,10)/t6-;4-/m00/s1. The Morgan fingerprint density at radius 1 is 1.22 bits per heavy atom. The first-order valence-corrected chi connectivity index (χ1v) is 6.48.